The molecule has 1 fully saturated rings. The van der Waals surface area contributed by atoms with E-state index in [-0.39, 0.29) is 35.5 Å². The Hall–Kier alpha value is -1.86. The molecule has 7 heteroatoms. The smallest absolute Gasteiger partial charge is 0.261 e. The van der Waals surface area contributed by atoms with Crippen LogP contribution >= 0.6 is 15.9 Å². The van der Waals surface area contributed by atoms with E-state index in [0.717, 1.165) is 10.0 Å². The van der Waals surface area contributed by atoms with Crippen LogP contribution in [0.4, 0.5) is 0 Å². The summed E-state index contributed by atoms with van der Waals surface area (Å²) in [6.45, 7) is 6.65. The molecule has 0 aromatic heterocycles. The fourth-order valence-electron chi connectivity index (χ4n) is 3.55. The van der Waals surface area contributed by atoms with Crippen molar-refractivity contribution < 1.29 is 17.9 Å². The topological polar surface area (TPSA) is 63.7 Å². The predicted molar refractivity (Wildman–Crippen MR) is 122 cm³/mol. The molecule has 0 spiro atoms. The molecule has 1 heterocycles. The van der Waals surface area contributed by atoms with Crippen molar-refractivity contribution in [3.05, 3.63) is 64.1 Å². The van der Waals surface area contributed by atoms with Crippen LogP contribution in [0.15, 0.2) is 53.0 Å². The van der Waals surface area contributed by atoms with Gasteiger partial charge in [-0.1, -0.05) is 61.0 Å². The van der Waals surface area contributed by atoms with Gasteiger partial charge in [0.2, 0.25) is 0 Å². The number of rotatable bonds is 6. The van der Waals surface area contributed by atoms with Gasteiger partial charge >= 0.3 is 0 Å². The number of halogens is 1. The summed E-state index contributed by atoms with van der Waals surface area (Å²) in [7, 11) is -3.10. The van der Waals surface area contributed by atoms with E-state index < -0.39 is 9.84 Å². The lowest BCUT2D eigenvalue weighted by atomic mass is 9.87. The second-order valence-electron chi connectivity index (χ2n) is 8.77. The first-order valence-electron chi connectivity index (χ1n) is 10.0. The first-order valence-corrected chi connectivity index (χ1v) is 12.6. The second-order valence-corrected chi connectivity index (χ2v) is 11.9. The third-order valence-corrected chi connectivity index (χ3v) is 7.54. The summed E-state index contributed by atoms with van der Waals surface area (Å²) in [5, 5.41) is 0. The number of carbonyl (C=O) groups excluding carboxylic acids is 1. The van der Waals surface area contributed by atoms with Gasteiger partial charge in [0.1, 0.15) is 5.75 Å². The van der Waals surface area contributed by atoms with Crippen molar-refractivity contribution in [2.75, 3.05) is 18.1 Å². The van der Waals surface area contributed by atoms with Crippen LogP contribution in [0.5, 0.6) is 5.75 Å². The highest BCUT2D eigenvalue weighted by Gasteiger charge is 2.34. The molecule has 0 radical (unpaired) electrons. The third kappa shape index (κ3) is 6.08. The highest BCUT2D eigenvalue weighted by molar-refractivity contribution is 9.10. The highest BCUT2D eigenvalue weighted by Crippen LogP contribution is 2.25. The summed E-state index contributed by atoms with van der Waals surface area (Å²) in [4.78, 5) is 14.7. The standard InChI is InChI=1S/C23H28BrNO4S/c1-23(2,3)18-7-9-21(10-8-18)29-15-22(26)25(20-11-12-30(27,28)16-20)14-17-5-4-6-19(24)13-17/h4-10,13,20H,11-12,14-16H2,1-3H3. The molecule has 5 nitrogen and oxygen atoms in total. The van der Waals surface area contributed by atoms with Crippen molar-refractivity contribution in [1.82, 2.24) is 4.90 Å². The number of ether oxygens (including phenoxy) is 1. The lowest BCUT2D eigenvalue weighted by Crippen LogP contribution is -2.43. The van der Waals surface area contributed by atoms with E-state index in [1.54, 1.807) is 4.90 Å². The minimum absolute atomic E-state index is 0.00697. The van der Waals surface area contributed by atoms with Crippen LogP contribution in [0.25, 0.3) is 0 Å². The molecule has 1 aliphatic rings. The largest absolute Gasteiger partial charge is 0.484 e. The van der Waals surface area contributed by atoms with E-state index in [0.29, 0.717) is 18.7 Å². The maximum absolute atomic E-state index is 13.0. The maximum atomic E-state index is 13.0. The molecule has 1 aliphatic heterocycles. The molecule has 0 saturated carbocycles. The monoisotopic (exact) mass is 493 g/mol. The average molecular weight is 494 g/mol. The van der Waals surface area contributed by atoms with Crippen molar-refractivity contribution in [2.24, 2.45) is 0 Å². The third-order valence-electron chi connectivity index (χ3n) is 5.29. The molecule has 2 aromatic carbocycles. The van der Waals surface area contributed by atoms with E-state index in [1.807, 2.05) is 48.5 Å². The van der Waals surface area contributed by atoms with Gasteiger partial charge in [-0.3, -0.25) is 4.79 Å². The summed E-state index contributed by atoms with van der Waals surface area (Å²) >= 11 is 3.45. The minimum atomic E-state index is -3.10. The van der Waals surface area contributed by atoms with Gasteiger partial charge in [0.05, 0.1) is 11.5 Å². The second kappa shape index (κ2) is 9.10. The van der Waals surface area contributed by atoms with Gasteiger partial charge < -0.3 is 9.64 Å². The summed E-state index contributed by atoms with van der Waals surface area (Å²) < 4.78 is 30.6. The molecular weight excluding hydrogens is 466 g/mol. The Bertz CT molecular complexity index is 997. The van der Waals surface area contributed by atoms with E-state index in [9.17, 15) is 13.2 Å². The molecule has 0 aliphatic carbocycles. The Labute approximate surface area is 187 Å². The quantitative estimate of drug-likeness (QED) is 0.600. The van der Waals surface area contributed by atoms with Crippen LogP contribution in [0.1, 0.15) is 38.3 Å². The molecule has 0 bridgehead atoms. The molecule has 0 N–H and O–H groups in total. The lowest BCUT2D eigenvalue weighted by molar-refractivity contribution is -0.136. The van der Waals surface area contributed by atoms with Crippen molar-refractivity contribution in [3.8, 4) is 5.75 Å². The number of benzene rings is 2. The Balaban J connectivity index is 1.71. The van der Waals surface area contributed by atoms with E-state index in [2.05, 4.69) is 36.7 Å². The summed E-state index contributed by atoms with van der Waals surface area (Å²) in [5.41, 5.74) is 2.17. The summed E-state index contributed by atoms with van der Waals surface area (Å²) in [6.07, 6.45) is 0.461. The van der Waals surface area contributed by atoms with Gasteiger partial charge in [0.25, 0.3) is 5.91 Å². The van der Waals surface area contributed by atoms with Gasteiger partial charge in [-0.15, -0.1) is 0 Å². The Morgan fingerprint density at radius 2 is 1.87 bits per heavy atom. The average Bonchev–Trinajstić information content (AvgIpc) is 3.03. The fourth-order valence-corrected chi connectivity index (χ4v) is 5.73. The Morgan fingerprint density at radius 1 is 1.17 bits per heavy atom. The summed E-state index contributed by atoms with van der Waals surface area (Å²) in [5.74, 6) is 0.539. The molecule has 1 unspecified atom stereocenters. The van der Waals surface area contributed by atoms with E-state index >= 15 is 0 Å². The highest BCUT2D eigenvalue weighted by atomic mass is 79.9. The van der Waals surface area contributed by atoms with Gasteiger partial charge in [0, 0.05) is 17.1 Å². The molecule has 3 rings (SSSR count). The van der Waals surface area contributed by atoms with E-state index in [1.165, 1.54) is 5.56 Å². The fraction of sp³-hybridized carbons (Fsp3) is 0.435. The van der Waals surface area contributed by atoms with Crippen LogP contribution in [-0.4, -0.2) is 43.4 Å². The Kier molecular flexibility index (Phi) is 6.92. The lowest BCUT2D eigenvalue weighted by Gasteiger charge is -2.28. The molecule has 30 heavy (non-hydrogen) atoms. The number of carbonyl (C=O) groups is 1. The maximum Gasteiger partial charge on any atom is 0.261 e. The van der Waals surface area contributed by atoms with Crippen molar-refractivity contribution in [2.45, 2.75) is 45.2 Å². The normalized spacial score (nSPS) is 18.2. The molecule has 2 aromatic rings. The van der Waals surface area contributed by atoms with Crippen LogP contribution in [0, 0.1) is 0 Å². The number of nitrogens with zero attached hydrogens (tertiary/aromatic N) is 1. The van der Waals surface area contributed by atoms with Gasteiger partial charge in [0.15, 0.2) is 16.4 Å². The molecular formula is C23H28BrNO4S. The van der Waals surface area contributed by atoms with E-state index in [4.69, 9.17) is 4.74 Å². The van der Waals surface area contributed by atoms with Crippen molar-refractivity contribution in [3.63, 3.8) is 0 Å². The zero-order chi connectivity index (χ0) is 21.9. The zero-order valence-corrected chi connectivity index (χ0v) is 20.0. The number of sulfone groups is 1. The summed E-state index contributed by atoms with van der Waals surface area (Å²) in [6, 6.07) is 15.1. The molecule has 1 saturated heterocycles. The molecule has 1 amide bonds. The van der Waals surface area contributed by atoms with Gasteiger partial charge in [-0.25, -0.2) is 8.42 Å². The van der Waals surface area contributed by atoms with Crippen LogP contribution in [-0.2, 0) is 26.6 Å². The van der Waals surface area contributed by atoms with Gasteiger partial charge in [-0.2, -0.15) is 0 Å². The van der Waals surface area contributed by atoms with Crippen LogP contribution in [0.3, 0.4) is 0 Å². The van der Waals surface area contributed by atoms with Crippen molar-refractivity contribution in [1.29, 1.82) is 0 Å². The van der Waals surface area contributed by atoms with Gasteiger partial charge in [-0.05, 0) is 47.2 Å². The first-order chi connectivity index (χ1) is 14.0. The number of hydrogen-bond donors (Lipinski definition) is 0. The van der Waals surface area contributed by atoms with Crippen LogP contribution in [0.2, 0.25) is 0 Å². The SMILES string of the molecule is CC(C)(C)c1ccc(OCC(=O)N(Cc2cccc(Br)c2)C2CCS(=O)(=O)C2)cc1. The predicted octanol–water partition coefficient (Wildman–Crippen LogP) is 4.34. The minimum Gasteiger partial charge on any atom is -0.484 e. The number of hydrogen-bond acceptors (Lipinski definition) is 4. The molecule has 1 atom stereocenters. The zero-order valence-electron chi connectivity index (χ0n) is 17.6. The van der Waals surface area contributed by atoms with Crippen molar-refractivity contribution >= 4 is 31.7 Å². The van der Waals surface area contributed by atoms with Crippen LogP contribution < -0.4 is 4.74 Å². The Morgan fingerprint density at radius 3 is 2.43 bits per heavy atom. The first kappa shape index (κ1) is 22.8. The number of amides is 1. The molecule has 162 valence electrons.